The zero-order valence-electron chi connectivity index (χ0n) is 11.9. The van der Waals surface area contributed by atoms with E-state index in [1.807, 2.05) is 0 Å². The van der Waals surface area contributed by atoms with E-state index in [1.54, 1.807) is 0 Å². The molecule has 0 saturated heterocycles. The third kappa shape index (κ3) is 6.39. The molecule has 0 atom stereocenters. The van der Waals surface area contributed by atoms with Crippen molar-refractivity contribution >= 4 is 5.97 Å². The van der Waals surface area contributed by atoms with E-state index in [1.165, 1.54) is 52.1 Å². The molecule has 1 aliphatic carbocycles. The van der Waals surface area contributed by atoms with E-state index in [-0.39, 0.29) is 11.5 Å². The fraction of sp³-hybridized carbons (Fsp3) is 0.933. The van der Waals surface area contributed by atoms with Gasteiger partial charge in [0, 0.05) is 5.54 Å². The SMILES string of the molecule is COC(=O)CC1(N)CCCCCCCCCCC1. The van der Waals surface area contributed by atoms with Crippen LogP contribution in [-0.2, 0) is 9.53 Å². The molecule has 1 rings (SSSR count). The Morgan fingerprint density at radius 3 is 1.72 bits per heavy atom. The van der Waals surface area contributed by atoms with Gasteiger partial charge in [-0.15, -0.1) is 0 Å². The Hall–Kier alpha value is -0.570. The van der Waals surface area contributed by atoms with Crippen molar-refractivity contribution in [3.05, 3.63) is 0 Å². The first-order valence-electron chi connectivity index (χ1n) is 7.52. The van der Waals surface area contributed by atoms with Crippen molar-refractivity contribution < 1.29 is 9.53 Å². The second-order valence-corrected chi connectivity index (χ2v) is 5.80. The fourth-order valence-electron chi connectivity index (χ4n) is 2.85. The zero-order valence-corrected chi connectivity index (χ0v) is 11.9. The molecule has 1 saturated carbocycles. The minimum atomic E-state index is -0.327. The Balaban J connectivity index is 2.46. The summed E-state index contributed by atoms with van der Waals surface area (Å²) in [5.41, 5.74) is 6.09. The molecule has 18 heavy (non-hydrogen) atoms. The molecule has 3 heteroatoms. The van der Waals surface area contributed by atoms with Crippen LogP contribution in [-0.4, -0.2) is 18.6 Å². The first-order valence-corrected chi connectivity index (χ1v) is 7.52. The van der Waals surface area contributed by atoms with Gasteiger partial charge in [0.1, 0.15) is 0 Å². The van der Waals surface area contributed by atoms with Gasteiger partial charge in [-0.05, 0) is 12.8 Å². The molecule has 2 N–H and O–H groups in total. The molecule has 0 amide bonds. The van der Waals surface area contributed by atoms with Gasteiger partial charge in [0.15, 0.2) is 0 Å². The number of esters is 1. The van der Waals surface area contributed by atoms with Crippen LogP contribution in [0, 0.1) is 0 Å². The molecule has 0 unspecified atom stereocenters. The topological polar surface area (TPSA) is 52.3 Å². The van der Waals surface area contributed by atoms with E-state index in [4.69, 9.17) is 10.5 Å². The number of hydrogen-bond acceptors (Lipinski definition) is 3. The zero-order chi connectivity index (χ0) is 13.3. The van der Waals surface area contributed by atoms with Crippen LogP contribution < -0.4 is 5.73 Å². The van der Waals surface area contributed by atoms with Crippen LogP contribution in [0.15, 0.2) is 0 Å². The third-order valence-electron chi connectivity index (χ3n) is 4.07. The lowest BCUT2D eigenvalue weighted by Crippen LogP contribution is -2.42. The molecule has 0 heterocycles. The summed E-state index contributed by atoms with van der Waals surface area (Å²) >= 11 is 0. The predicted octanol–water partition coefficient (Wildman–Crippen LogP) is 3.55. The summed E-state index contributed by atoms with van der Waals surface area (Å²) in [4.78, 5) is 11.5. The molecule has 0 bridgehead atoms. The second-order valence-electron chi connectivity index (χ2n) is 5.80. The smallest absolute Gasteiger partial charge is 0.307 e. The maximum atomic E-state index is 11.5. The van der Waals surface area contributed by atoms with Gasteiger partial charge in [0.25, 0.3) is 0 Å². The van der Waals surface area contributed by atoms with Crippen molar-refractivity contribution in [2.24, 2.45) is 5.73 Å². The molecule has 0 radical (unpaired) electrons. The van der Waals surface area contributed by atoms with E-state index < -0.39 is 0 Å². The van der Waals surface area contributed by atoms with Crippen molar-refractivity contribution in [1.29, 1.82) is 0 Å². The Kier molecular flexibility index (Phi) is 7.33. The van der Waals surface area contributed by atoms with Gasteiger partial charge < -0.3 is 10.5 Å². The number of methoxy groups -OCH3 is 1. The summed E-state index contributed by atoms with van der Waals surface area (Å²) in [6.45, 7) is 0. The number of rotatable bonds is 2. The maximum absolute atomic E-state index is 11.5. The van der Waals surface area contributed by atoms with Crippen molar-refractivity contribution in [2.75, 3.05) is 7.11 Å². The van der Waals surface area contributed by atoms with E-state index in [9.17, 15) is 4.79 Å². The van der Waals surface area contributed by atoms with Crippen LogP contribution in [0.3, 0.4) is 0 Å². The molecular formula is C15H29NO2. The first-order chi connectivity index (χ1) is 8.66. The van der Waals surface area contributed by atoms with Crippen molar-refractivity contribution in [3.63, 3.8) is 0 Å². The van der Waals surface area contributed by atoms with Gasteiger partial charge in [-0.1, -0.05) is 57.8 Å². The van der Waals surface area contributed by atoms with Crippen LogP contribution in [0.4, 0.5) is 0 Å². The second kappa shape index (κ2) is 8.52. The summed E-state index contributed by atoms with van der Waals surface area (Å²) in [6.07, 6.45) is 13.8. The molecule has 3 nitrogen and oxygen atoms in total. The Bertz CT molecular complexity index is 229. The molecule has 1 fully saturated rings. The molecule has 0 aromatic heterocycles. The van der Waals surface area contributed by atoms with E-state index in [0.717, 1.165) is 25.7 Å². The number of carbonyl (C=O) groups excluding carboxylic acids is 1. The highest BCUT2D eigenvalue weighted by atomic mass is 16.5. The van der Waals surface area contributed by atoms with Gasteiger partial charge in [0.05, 0.1) is 13.5 Å². The highest BCUT2D eigenvalue weighted by molar-refractivity contribution is 5.70. The molecule has 0 aromatic rings. The molecule has 1 aliphatic rings. The van der Waals surface area contributed by atoms with Crippen LogP contribution in [0.25, 0.3) is 0 Å². The molecular weight excluding hydrogens is 226 g/mol. The third-order valence-corrected chi connectivity index (χ3v) is 4.07. The molecule has 0 aromatic carbocycles. The minimum Gasteiger partial charge on any atom is -0.469 e. The highest BCUT2D eigenvalue weighted by Crippen LogP contribution is 2.25. The summed E-state index contributed by atoms with van der Waals surface area (Å²) in [5, 5.41) is 0. The average Bonchev–Trinajstić information content (AvgIpc) is 2.34. The summed E-state index contributed by atoms with van der Waals surface area (Å²) < 4.78 is 4.77. The van der Waals surface area contributed by atoms with Gasteiger partial charge in [0.2, 0.25) is 0 Å². The molecule has 106 valence electrons. The van der Waals surface area contributed by atoms with Crippen molar-refractivity contribution in [3.8, 4) is 0 Å². The first kappa shape index (κ1) is 15.5. The van der Waals surface area contributed by atoms with Crippen molar-refractivity contribution in [2.45, 2.75) is 82.6 Å². The summed E-state index contributed by atoms with van der Waals surface area (Å²) in [5.74, 6) is -0.162. The van der Waals surface area contributed by atoms with Gasteiger partial charge in [-0.2, -0.15) is 0 Å². The van der Waals surface area contributed by atoms with Gasteiger partial charge in [-0.25, -0.2) is 0 Å². The largest absolute Gasteiger partial charge is 0.469 e. The van der Waals surface area contributed by atoms with Gasteiger partial charge >= 0.3 is 5.97 Å². The van der Waals surface area contributed by atoms with Crippen molar-refractivity contribution in [1.82, 2.24) is 0 Å². The summed E-state index contributed by atoms with van der Waals surface area (Å²) in [7, 11) is 1.45. The van der Waals surface area contributed by atoms with E-state index in [0.29, 0.717) is 6.42 Å². The Morgan fingerprint density at radius 2 is 1.33 bits per heavy atom. The predicted molar refractivity (Wildman–Crippen MR) is 74.3 cm³/mol. The average molecular weight is 255 g/mol. The number of carbonyl (C=O) groups is 1. The molecule has 0 spiro atoms. The maximum Gasteiger partial charge on any atom is 0.307 e. The van der Waals surface area contributed by atoms with Crippen LogP contribution in [0.5, 0.6) is 0 Å². The normalized spacial score (nSPS) is 22.6. The lowest BCUT2D eigenvalue weighted by molar-refractivity contribution is -0.142. The van der Waals surface area contributed by atoms with Gasteiger partial charge in [-0.3, -0.25) is 4.79 Å². The monoisotopic (exact) mass is 255 g/mol. The number of hydrogen-bond donors (Lipinski definition) is 1. The minimum absolute atomic E-state index is 0.162. The number of ether oxygens (including phenoxy) is 1. The quantitative estimate of drug-likeness (QED) is 0.768. The Labute approximate surface area is 111 Å². The highest BCUT2D eigenvalue weighted by Gasteiger charge is 2.27. The molecule has 0 aliphatic heterocycles. The Morgan fingerprint density at radius 1 is 0.944 bits per heavy atom. The van der Waals surface area contributed by atoms with E-state index in [2.05, 4.69) is 0 Å². The standard InChI is InChI=1S/C15H29NO2/c1-18-14(17)13-15(16)11-9-7-5-3-2-4-6-8-10-12-15/h2-13,16H2,1H3. The van der Waals surface area contributed by atoms with Crippen LogP contribution in [0.2, 0.25) is 0 Å². The van der Waals surface area contributed by atoms with Crippen LogP contribution in [0.1, 0.15) is 77.0 Å². The van der Waals surface area contributed by atoms with Crippen LogP contribution >= 0.6 is 0 Å². The fourth-order valence-corrected chi connectivity index (χ4v) is 2.85. The van der Waals surface area contributed by atoms with E-state index >= 15 is 0 Å². The summed E-state index contributed by atoms with van der Waals surface area (Å²) in [6, 6.07) is 0. The lowest BCUT2D eigenvalue weighted by Gasteiger charge is -2.29. The number of nitrogens with two attached hydrogens (primary N) is 1. The lowest BCUT2D eigenvalue weighted by atomic mass is 9.84.